The van der Waals surface area contributed by atoms with Crippen molar-refractivity contribution in [3.63, 3.8) is 0 Å². The summed E-state index contributed by atoms with van der Waals surface area (Å²) in [5, 5.41) is 5.31. The van der Waals surface area contributed by atoms with Gasteiger partial charge in [0.05, 0.1) is 0 Å². The van der Waals surface area contributed by atoms with Gasteiger partial charge in [0.1, 0.15) is 5.82 Å². The van der Waals surface area contributed by atoms with Crippen LogP contribution >= 0.6 is 0 Å². The highest BCUT2D eigenvalue weighted by Crippen LogP contribution is 2.14. The predicted molar refractivity (Wildman–Crippen MR) is 75.1 cm³/mol. The Morgan fingerprint density at radius 3 is 1.85 bits per heavy atom. The lowest BCUT2D eigenvalue weighted by Gasteiger charge is -2.07. The van der Waals surface area contributed by atoms with Crippen LogP contribution in [0, 0.1) is 5.82 Å². The van der Waals surface area contributed by atoms with Crippen LogP contribution < -0.4 is 10.6 Å². The van der Waals surface area contributed by atoms with E-state index in [1.54, 1.807) is 24.3 Å². The summed E-state index contributed by atoms with van der Waals surface area (Å²) in [4.78, 5) is 22.8. The lowest BCUT2D eigenvalue weighted by atomic mass is 10.2. The Labute approximate surface area is 115 Å². The molecule has 5 heteroatoms. The summed E-state index contributed by atoms with van der Waals surface area (Å²) in [6.07, 6.45) is 0. The molecule has 2 N–H and O–H groups in total. The summed E-state index contributed by atoms with van der Waals surface area (Å²) < 4.78 is 12.8. The fourth-order valence-electron chi connectivity index (χ4n) is 1.64. The molecule has 2 rings (SSSR count). The highest BCUT2D eigenvalue weighted by molar-refractivity contribution is 6.04. The van der Waals surface area contributed by atoms with Crippen LogP contribution in [0.25, 0.3) is 0 Å². The molecule has 4 nitrogen and oxygen atoms in total. The molecule has 2 aromatic carbocycles. The summed E-state index contributed by atoms with van der Waals surface area (Å²) in [5.41, 5.74) is 1.61. The first-order valence-corrected chi connectivity index (χ1v) is 5.99. The lowest BCUT2D eigenvalue weighted by Crippen LogP contribution is -2.12. The van der Waals surface area contributed by atoms with Gasteiger partial charge in [-0.15, -0.1) is 0 Å². The van der Waals surface area contributed by atoms with Gasteiger partial charge in [0.15, 0.2) is 0 Å². The maximum absolute atomic E-state index is 12.8. The van der Waals surface area contributed by atoms with E-state index in [1.165, 1.54) is 31.2 Å². The SMILES string of the molecule is CC(=O)Nc1ccc(NC(=O)c2ccc(F)cc2)cc1. The minimum absolute atomic E-state index is 0.159. The molecule has 0 saturated heterocycles. The first-order chi connectivity index (χ1) is 9.54. The molecule has 102 valence electrons. The monoisotopic (exact) mass is 272 g/mol. The Balaban J connectivity index is 2.04. The molecule has 0 aliphatic rings. The first kappa shape index (κ1) is 13.7. The molecule has 0 radical (unpaired) electrons. The third-order valence-electron chi connectivity index (χ3n) is 2.57. The predicted octanol–water partition coefficient (Wildman–Crippen LogP) is 3.04. The van der Waals surface area contributed by atoms with Crippen molar-refractivity contribution in [1.29, 1.82) is 0 Å². The molecular weight excluding hydrogens is 259 g/mol. The molecule has 0 spiro atoms. The molecular formula is C15H13FN2O2. The minimum Gasteiger partial charge on any atom is -0.326 e. The van der Waals surface area contributed by atoms with E-state index in [4.69, 9.17) is 0 Å². The zero-order chi connectivity index (χ0) is 14.5. The van der Waals surface area contributed by atoms with Gasteiger partial charge in [-0.05, 0) is 48.5 Å². The van der Waals surface area contributed by atoms with E-state index in [-0.39, 0.29) is 17.6 Å². The van der Waals surface area contributed by atoms with E-state index in [0.29, 0.717) is 16.9 Å². The summed E-state index contributed by atoms with van der Waals surface area (Å²) in [6.45, 7) is 1.42. The maximum Gasteiger partial charge on any atom is 0.255 e. The van der Waals surface area contributed by atoms with Crippen LogP contribution in [0.5, 0.6) is 0 Å². The van der Waals surface area contributed by atoms with Gasteiger partial charge in [0.25, 0.3) is 5.91 Å². The third kappa shape index (κ3) is 3.65. The van der Waals surface area contributed by atoms with Crippen molar-refractivity contribution in [1.82, 2.24) is 0 Å². The van der Waals surface area contributed by atoms with Crippen LogP contribution in [0.4, 0.5) is 15.8 Å². The zero-order valence-corrected chi connectivity index (χ0v) is 10.8. The summed E-state index contributed by atoms with van der Waals surface area (Å²) in [5.74, 6) is -0.869. The number of rotatable bonds is 3. The number of benzene rings is 2. The fourth-order valence-corrected chi connectivity index (χ4v) is 1.64. The third-order valence-corrected chi connectivity index (χ3v) is 2.57. The van der Waals surface area contributed by atoms with Crippen LogP contribution in [0.1, 0.15) is 17.3 Å². The molecule has 2 amide bonds. The smallest absolute Gasteiger partial charge is 0.255 e. The van der Waals surface area contributed by atoms with Gasteiger partial charge in [-0.3, -0.25) is 9.59 Å². The van der Waals surface area contributed by atoms with E-state index >= 15 is 0 Å². The molecule has 0 saturated carbocycles. The molecule has 2 aromatic rings. The molecule has 20 heavy (non-hydrogen) atoms. The van der Waals surface area contributed by atoms with Crippen LogP contribution in [0.15, 0.2) is 48.5 Å². The lowest BCUT2D eigenvalue weighted by molar-refractivity contribution is -0.114. The van der Waals surface area contributed by atoms with E-state index < -0.39 is 0 Å². The quantitative estimate of drug-likeness (QED) is 0.902. The first-order valence-electron chi connectivity index (χ1n) is 5.99. The Kier molecular flexibility index (Phi) is 4.10. The van der Waals surface area contributed by atoms with E-state index in [0.717, 1.165) is 0 Å². The Hall–Kier alpha value is -2.69. The summed E-state index contributed by atoms with van der Waals surface area (Å²) >= 11 is 0. The molecule has 0 aliphatic heterocycles. The highest BCUT2D eigenvalue weighted by Gasteiger charge is 2.06. The number of amides is 2. The molecule has 0 bridgehead atoms. The van der Waals surface area contributed by atoms with E-state index in [1.807, 2.05) is 0 Å². The summed E-state index contributed by atoms with van der Waals surface area (Å²) in [7, 11) is 0. The van der Waals surface area contributed by atoms with Gasteiger partial charge in [0, 0.05) is 23.9 Å². The van der Waals surface area contributed by atoms with Gasteiger partial charge in [-0.2, -0.15) is 0 Å². The average Bonchev–Trinajstić information content (AvgIpc) is 2.41. The average molecular weight is 272 g/mol. The van der Waals surface area contributed by atoms with Crippen LogP contribution in [-0.2, 0) is 4.79 Å². The molecule has 0 fully saturated rings. The number of hydrogen-bond donors (Lipinski definition) is 2. The molecule has 0 unspecified atom stereocenters. The molecule has 0 aliphatic carbocycles. The van der Waals surface area contributed by atoms with Crippen molar-refractivity contribution in [3.05, 3.63) is 59.9 Å². The number of halogens is 1. The van der Waals surface area contributed by atoms with Crippen molar-refractivity contribution in [2.75, 3.05) is 10.6 Å². The second-order valence-corrected chi connectivity index (χ2v) is 4.22. The summed E-state index contributed by atoms with van der Waals surface area (Å²) in [6, 6.07) is 12.0. The number of nitrogens with one attached hydrogen (secondary N) is 2. The normalized spacial score (nSPS) is 9.90. The van der Waals surface area contributed by atoms with Crippen LogP contribution in [0.2, 0.25) is 0 Å². The van der Waals surface area contributed by atoms with E-state index in [9.17, 15) is 14.0 Å². The molecule has 0 aromatic heterocycles. The van der Waals surface area contributed by atoms with Gasteiger partial charge in [-0.1, -0.05) is 0 Å². The zero-order valence-electron chi connectivity index (χ0n) is 10.8. The largest absolute Gasteiger partial charge is 0.326 e. The highest BCUT2D eigenvalue weighted by atomic mass is 19.1. The fraction of sp³-hybridized carbons (Fsp3) is 0.0667. The van der Waals surface area contributed by atoms with Crippen molar-refractivity contribution in [3.8, 4) is 0 Å². The Morgan fingerprint density at radius 2 is 1.35 bits per heavy atom. The van der Waals surface area contributed by atoms with Crippen LogP contribution in [-0.4, -0.2) is 11.8 Å². The Bertz CT molecular complexity index is 621. The molecule has 0 heterocycles. The van der Waals surface area contributed by atoms with Crippen molar-refractivity contribution < 1.29 is 14.0 Å². The van der Waals surface area contributed by atoms with Crippen LogP contribution in [0.3, 0.4) is 0 Å². The van der Waals surface area contributed by atoms with Gasteiger partial charge < -0.3 is 10.6 Å². The second kappa shape index (κ2) is 5.97. The molecule has 0 atom stereocenters. The Morgan fingerprint density at radius 1 is 0.850 bits per heavy atom. The van der Waals surface area contributed by atoms with E-state index in [2.05, 4.69) is 10.6 Å². The topological polar surface area (TPSA) is 58.2 Å². The van der Waals surface area contributed by atoms with Crippen molar-refractivity contribution in [2.45, 2.75) is 6.92 Å². The van der Waals surface area contributed by atoms with Gasteiger partial charge >= 0.3 is 0 Å². The standard InChI is InChI=1S/C15H13FN2O2/c1-10(19)17-13-6-8-14(9-7-13)18-15(20)11-2-4-12(16)5-3-11/h2-9H,1H3,(H,17,19)(H,18,20). The number of anilines is 2. The van der Waals surface area contributed by atoms with Crippen molar-refractivity contribution in [2.24, 2.45) is 0 Å². The number of carbonyl (C=O) groups excluding carboxylic acids is 2. The number of carbonyl (C=O) groups is 2. The second-order valence-electron chi connectivity index (χ2n) is 4.22. The van der Waals surface area contributed by atoms with Crippen molar-refractivity contribution >= 4 is 23.2 Å². The van der Waals surface area contributed by atoms with Gasteiger partial charge in [0.2, 0.25) is 5.91 Å². The minimum atomic E-state index is -0.388. The maximum atomic E-state index is 12.8. The van der Waals surface area contributed by atoms with Gasteiger partial charge in [-0.25, -0.2) is 4.39 Å². The number of hydrogen-bond acceptors (Lipinski definition) is 2.